The molecule has 0 saturated carbocycles. The summed E-state index contributed by atoms with van der Waals surface area (Å²) in [7, 11) is 0. The Hall–Kier alpha value is -1.93. The monoisotopic (exact) mass is 202 g/mol. The minimum Gasteiger partial charge on any atom is -0.383 e. The second-order valence-electron chi connectivity index (χ2n) is 2.61. The zero-order valence-electron chi connectivity index (χ0n) is 7.14. The van der Waals surface area contributed by atoms with Gasteiger partial charge in [0.05, 0.1) is 22.5 Å². The quantitative estimate of drug-likeness (QED) is 0.763. The Morgan fingerprint density at radius 1 is 1.36 bits per heavy atom. The maximum Gasteiger partial charge on any atom is 0.142 e. The highest BCUT2D eigenvalue weighted by Crippen LogP contribution is 2.19. The summed E-state index contributed by atoms with van der Waals surface area (Å²) >= 11 is 1.49. The molecule has 0 bridgehead atoms. The van der Waals surface area contributed by atoms with E-state index < -0.39 is 0 Å². The lowest BCUT2D eigenvalue weighted by Crippen LogP contribution is -1.96. The number of rotatable bonds is 1. The van der Waals surface area contributed by atoms with E-state index >= 15 is 0 Å². The van der Waals surface area contributed by atoms with E-state index in [0.29, 0.717) is 11.3 Å². The fraction of sp³-hybridized carbons (Fsp3) is 0. The van der Waals surface area contributed by atoms with Gasteiger partial charge in [0.25, 0.3) is 0 Å². The van der Waals surface area contributed by atoms with Gasteiger partial charge in [0.15, 0.2) is 0 Å². The van der Waals surface area contributed by atoms with Gasteiger partial charge in [0.1, 0.15) is 11.9 Å². The minimum absolute atomic E-state index is 0.248. The molecule has 4 nitrogen and oxygen atoms in total. The molecular formula is C9H6N4S. The van der Waals surface area contributed by atoms with Gasteiger partial charge in [-0.3, -0.25) is 0 Å². The number of nitriles is 1. The number of hydrogen-bond donors (Lipinski definition) is 1. The van der Waals surface area contributed by atoms with Crippen LogP contribution in [0, 0.1) is 11.3 Å². The third-order valence-electron chi connectivity index (χ3n) is 1.74. The average molecular weight is 202 g/mol. The van der Waals surface area contributed by atoms with Gasteiger partial charge in [-0.15, -0.1) is 11.3 Å². The lowest BCUT2D eigenvalue weighted by Gasteiger charge is -1.99. The average Bonchev–Trinajstić information content (AvgIpc) is 2.70. The van der Waals surface area contributed by atoms with Crippen LogP contribution in [-0.2, 0) is 0 Å². The van der Waals surface area contributed by atoms with Crippen molar-refractivity contribution in [2.45, 2.75) is 0 Å². The lowest BCUT2D eigenvalue weighted by atomic mass is 10.2. The van der Waals surface area contributed by atoms with Gasteiger partial charge in [0.2, 0.25) is 0 Å². The van der Waals surface area contributed by atoms with Gasteiger partial charge >= 0.3 is 0 Å². The number of nitrogens with zero attached hydrogens (tertiary/aromatic N) is 3. The van der Waals surface area contributed by atoms with Gasteiger partial charge in [-0.1, -0.05) is 0 Å². The van der Waals surface area contributed by atoms with E-state index in [9.17, 15) is 0 Å². The van der Waals surface area contributed by atoms with Gasteiger partial charge in [-0.2, -0.15) is 5.26 Å². The molecule has 0 spiro atoms. The molecule has 0 amide bonds. The summed E-state index contributed by atoms with van der Waals surface area (Å²) in [6.07, 6.45) is 0. The summed E-state index contributed by atoms with van der Waals surface area (Å²) in [4.78, 5) is 8.19. The van der Waals surface area contributed by atoms with Crippen LogP contribution in [0.1, 0.15) is 5.56 Å². The SMILES string of the molecule is N#Cc1ccc(-c2cscn2)nc1N. The normalized spacial score (nSPS) is 9.64. The van der Waals surface area contributed by atoms with Crippen LogP contribution in [0.4, 0.5) is 5.82 Å². The summed E-state index contributed by atoms with van der Waals surface area (Å²) in [5.74, 6) is 0.248. The molecule has 2 aromatic heterocycles. The Morgan fingerprint density at radius 3 is 2.79 bits per heavy atom. The first-order valence-electron chi connectivity index (χ1n) is 3.86. The van der Waals surface area contributed by atoms with E-state index in [1.807, 2.05) is 11.4 Å². The number of pyridine rings is 1. The Morgan fingerprint density at radius 2 is 2.21 bits per heavy atom. The highest BCUT2D eigenvalue weighted by Gasteiger charge is 2.04. The molecule has 0 radical (unpaired) electrons. The largest absolute Gasteiger partial charge is 0.383 e. The molecule has 68 valence electrons. The molecule has 2 rings (SSSR count). The van der Waals surface area contributed by atoms with Crippen LogP contribution in [0.3, 0.4) is 0 Å². The van der Waals surface area contributed by atoms with Crippen LogP contribution >= 0.6 is 11.3 Å². The summed E-state index contributed by atoms with van der Waals surface area (Å²) in [5, 5.41) is 10.5. The first kappa shape index (κ1) is 8.66. The molecule has 0 unspecified atom stereocenters. The number of nitrogen functional groups attached to an aromatic ring is 1. The first-order valence-corrected chi connectivity index (χ1v) is 4.80. The highest BCUT2D eigenvalue weighted by molar-refractivity contribution is 7.07. The van der Waals surface area contributed by atoms with E-state index in [0.717, 1.165) is 5.69 Å². The molecule has 0 saturated heterocycles. The van der Waals surface area contributed by atoms with Gasteiger partial charge in [-0.25, -0.2) is 9.97 Å². The summed E-state index contributed by atoms with van der Waals surface area (Å²) in [6.45, 7) is 0. The zero-order chi connectivity index (χ0) is 9.97. The Kier molecular flexibility index (Phi) is 2.13. The fourth-order valence-electron chi connectivity index (χ4n) is 1.05. The molecule has 2 aromatic rings. The predicted molar refractivity (Wildman–Crippen MR) is 54.5 cm³/mol. The van der Waals surface area contributed by atoms with Crippen molar-refractivity contribution in [2.24, 2.45) is 0 Å². The smallest absolute Gasteiger partial charge is 0.142 e. The van der Waals surface area contributed by atoms with Gasteiger partial charge in [0, 0.05) is 5.38 Å². The number of anilines is 1. The number of thiazole rings is 1. The molecule has 0 aliphatic heterocycles. The second-order valence-corrected chi connectivity index (χ2v) is 3.33. The summed E-state index contributed by atoms with van der Waals surface area (Å²) in [6, 6.07) is 5.35. The third kappa shape index (κ3) is 1.43. The Bertz CT molecular complexity index is 484. The topological polar surface area (TPSA) is 75.6 Å². The third-order valence-corrected chi connectivity index (χ3v) is 2.33. The maximum atomic E-state index is 8.66. The van der Waals surface area contributed by atoms with Crippen LogP contribution in [0.5, 0.6) is 0 Å². The first-order chi connectivity index (χ1) is 6.81. The zero-order valence-corrected chi connectivity index (χ0v) is 7.95. The molecule has 0 atom stereocenters. The number of aromatic nitrogens is 2. The van der Waals surface area contributed by atoms with Crippen molar-refractivity contribution in [2.75, 3.05) is 5.73 Å². The maximum absolute atomic E-state index is 8.66. The van der Waals surface area contributed by atoms with E-state index in [-0.39, 0.29) is 5.82 Å². The van der Waals surface area contributed by atoms with Crippen LogP contribution in [0.25, 0.3) is 11.4 Å². The van der Waals surface area contributed by atoms with Crippen molar-refractivity contribution in [3.05, 3.63) is 28.6 Å². The molecule has 0 fully saturated rings. The van der Waals surface area contributed by atoms with Crippen molar-refractivity contribution in [3.63, 3.8) is 0 Å². The molecular weight excluding hydrogens is 196 g/mol. The van der Waals surface area contributed by atoms with Gasteiger partial charge in [-0.05, 0) is 12.1 Å². The Balaban J connectivity index is 2.49. The predicted octanol–water partition coefficient (Wildman–Crippen LogP) is 1.66. The van der Waals surface area contributed by atoms with Crippen molar-refractivity contribution in [1.29, 1.82) is 5.26 Å². The van der Waals surface area contributed by atoms with Crippen molar-refractivity contribution < 1.29 is 0 Å². The van der Waals surface area contributed by atoms with Crippen LogP contribution in [-0.4, -0.2) is 9.97 Å². The van der Waals surface area contributed by atoms with Crippen molar-refractivity contribution >= 4 is 17.2 Å². The van der Waals surface area contributed by atoms with Crippen LogP contribution in [0.2, 0.25) is 0 Å². The van der Waals surface area contributed by atoms with E-state index in [1.54, 1.807) is 17.6 Å². The second kappa shape index (κ2) is 3.44. The molecule has 2 heterocycles. The summed E-state index contributed by atoms with van der Waals surface area (Å²) in [5.41, 5.74) is 9.18. The van der Waals surface area contributed by atoms with Crippen molar-refractivity contribution in [3.8, 4) is 17.5 Å². The Labute approximate surface area is 84.7 Å². The van der Waals surface area contributed by atoms with E-state index in [2.05, 4.69) is 9.97 Å². The molecule has 0 aliphatic rings. The standard InChI is InChI=1S/C9H6N4S/c10-3-6-1-2-7(13-9(6)11)8-4-14-5-12-8/h1-2,4-5H,(H2,11,13). The van der Waals surface area contributed by atoms with Crippen LogP contribution in [0.15, 0.2) is 23.0 Å². The molecule has 0 aromatic carbocycles. The number of hydrogen-bond acceptors (Lipinski definition) is 5. The lowest BCUT2D eigenvalue weighted by molar-refractivity contribution is 1.27. The van der Waals surface area contributed by atoms with Gasteiger partial charge < -0.3 is 5.73 Å². The molecule has 0 aliphatic carbocycles. The number of nitrogens with two attached hydrogens (primary N) is 1. The van der Waals surface area contributed by atoms with Crippen molar-refractivity contribution in [1.82, 2.24) is 9.97 Å². The molecule has 2 N–H and O–H groups in total. The highest BCUT2D eigenvalue weighted by atomic mass is 32.1. The summed E-state index contributed by atoms with van der Waals surface area (Å²) < 4.78 is 0. The molecule has 14 heavy (non-hydrogen) atoms. The molecule has 5 heteroatoms. The van der Waals surface area contributed by atoms with Crippen LogP contribution < -0.4 is 5.73 Å². The minimum atomic E-state index is 0.248. The van der Waals surface area contributed by atoms with E-state index in [4.69, 9.17) is 11.0 Å². The van der Waals surface area contributed by atoms with E-state index in [1.165, 1.54) is 11.3 Å². The fourth-order valence-corrected chi connectivity index (χ4v) is 1.60.